The zero-order valence-corrected chi connectivity index (χ0v) is 12.2. The van der Waals surface area contributed by atoms with E-state index < -0.39 is 11.9 Å². The minimum Gasteiger partial charge on any atom is -0.481 e. The molecule has 4 heteroatoms. The van der Waals surface area contributed by atoms with Gasteiger partial charge in [-0.05, 0) is 32.3 Å². The number of aryl methyl sites for hydroxylation is 1. The van der Waals surface area contributed by atoms with Gasteiger partial charge in [0.2, 0.25) is 5.91 Å². The molecular weight excluding hydrogens is 254 g/mol. The quantitative estimate of drug-likeness (QED) is 0.895. The van der Waals surface area contributed by atoms with Crippen molar-refractivity contribution < 1.29 is 14.7 Å². The third kappa shape index (κ3) is 3.18. The van der Waals surface area contributed by atoms with E-state index in [0.29, 0.717) is 6.42 Å². The first-order valence-electron chi connectivity index (χ1n) is 6.95. The van der Waals surface area contributed by atoms with Crippen LogP contribution in [0.4, 0.5) is 0 Å². The van der Waals surface area contributed by atoms with Crippen LogP contribution in [0, 0.1) is 18.8 Å². The summed E-state index contributed by atoms with van der Waals surface area (Å²) in [5.41, 5.74) is 2.40. The predicted octanol–water partition coefficient (Wildman–Crippen LogP) is 2.11. The lowest BCUT2D eigenvalue weighted by Gasteiger charge is -2.25. The van der Waals surface area contributed by atoms with E-state index in [1.807, 2.05) is 13.8 Å². The van der Waals surface area contributed by atoms with Gasteiger partial charge in [-0.3, -0.25) is 9.59 Å². The van der Waals surface area contributed by atoms with Gasteiger partial charge >= 0.3 is 5.97 Å². The number of carboxylic acids is 1. The molecule has 0 heterocycles. The maximum Gasteiger partial charge on any atom is 0.307 e. The number of rotatable bonds is 5. The smallest absolute Gasteiger partial charge is 0.307 e. The summed E-state index contributed by atoms with van der Waals surface area (Å²) in [6, 6.07) is 8.33. The maximum atomic E-state index is 12.2. The number of likely N-dealkylation sites (N-methyl/N-ethyl adjacent to an activating group) is 1. The summed E-state index contributed by atoms with van der Waals surface area (Å²) >= 11 is 0. The fourth-order valence-corrected chi connectivity index (χ4v) is 2.42. The molecule has 1 saturated carbocycles. The number of benzene rings is 1. The van der Waals surface area contributed by atoms with Crippen LogP contribution in [0.25, 0.3) is 0 Å². The van der Waals surface area contributed by atoms with Gasteiger partial charge in [-0.15, -0.1) is 0 Å². The average molecular weight is 275 g/mol. The van der Waals surface area contributed by atoms with E-state index in [1.165, 1.54) is 11.1 Å². The number of amides is 1. The van der Waals surface area contributed by atoms with Gasteiger partial charge in [-0.2, -0.15) is 0 Å². The van der Waals surface area contributed by atoms with Gasteiger partial charge in [0.25, 0.3) is 0 Å². The Kier molecular flexibility index (Phi) is 4.12. The number of aliphatic carboxylic acids is 1. The fourth-order valence-electron chi connectivity index (χ4n) is 2.42. The van der Waals surface area contributed by atoms with Crippen LogP contribution in [-0.4, -0.2) is 35.0 Å². The van der Waals surface area contributed by atoms with E-state index in [0.717, 1.165) is 6.42 Å². The number of carbonyl (C=O) groups is 2. The summed E-state index contributed by atoms with van der Waals surface area (Å²) in [7, 11) is 1.76. The van der Waals surface area contributed by atoms with Crippen molar-refractivity contribution >= 4 is 11.9 Å². The molecule has 1 fully saturated rings. The van der Waals surface area contributed by atoms with Crippen LogP contribution < -0.4 is 0 Å². The van der Waals surface area contributed by atoms with Gasteiger partial charge in [0, 0.05) is 13.1 Å². The highest BCUT2D eigenvalue weighted by molar-refractivity contribution is 5.89. The average Bonchev–Trinajstić information content (AvgIpc) is 3.20. The van der Waals surface area contributed by atoms with Crippen LogP contribution >= 0.6 is 0 Å². The van der Waals surface area contributed by atoms with Gasteiger partial charge in [0.15, 0.2) is 0 Å². The summed E-state index contributed by atoms with van der Waals surface area (Å²) in [5, 5.41) is 8.88. The molecule has 4 nitrogen and oxygen atoms in total. The normalized spacial score (nSPS) is 22.1. The van der Waals surface area contributed by atoms with Crippen molar-refractivity contribution in [2.24, 2.45) is 11.8 Å². The van der Waals surface area contributed by atoms with Crippen LogP contribution in [0.15, 0.2) is 24.3 Å². The van der Waals surface area contributed by atoms with Crippen LogP contribution in [0.5, 0.6) is 0 Å². The third-order valence-electron chi connectivity index (χ3n) is 4.09. The maximum absolute atomic E-state index is 12.2. The van der Waals surface area contributed by atoms with Crippen LogP contribution in [0.2, 0.25) is 0 Å². The highest BCUT2D eigenvalue weighted by Gasteiger charge is 2.49. The molecule has 108 valence electrons. The van der Waals surface area contributed by atoms with E-state index >= 15 is 0 Å². The minimum absolute atomic E-state index is 0.0444. The lowest BCUT2D eigenvalue weighted by Crippen LogP contribution is -2.38. The Labute approximate surface area is 119 Å². The summed E-state index contributed by atoms with van der Waals surface area (Å²) in [5.74, 6) is -1.70. The van der Waals surface area contributed by atoms with Gasteiger partial charge in [0.05, 0.1) is 11.8 Å². The number of hydrogen-bond acceptors (Lipinski definition) is 2. The molecule has 0 spiro atoms. The molecule has 2 rings (SSSR count). The Morgan fingerprint density at radius 1 is 1.30 bits per heavy atom. The van der Waals surface area contributed by atoms with Crippen molar-refractivity contribution in [1.29, 1.82) is 0 Å². The van der Waals surface area contributed by atoms with E-state index in [9.17, 15) is 9.59 Å². The molecule has 0 saturated heterocycles. The molecule has 1 amide bonds. The lowest BCUT2D eigenvalue weighted by atomic mass is 10.0. The van der Waals surface area contributed by atoms with E-state index in [2.05, 4.69) is 24.3 Å². The zero-order valence-electron chi connectivity index (χ0n) is 12.2. The fraction of sp³-hybridized carbons (Fsp3) is 0.500. The molecular formula is C16H21NO3. The first-order chi connectivity index (χ1) is 9.40. The van der Waals surface area contributed by atoms with Crippen molar-refractivity contribution in [3.8, 4) is 0 Å². The number of hydrogen-bond donors (Lipinski definition) is 1. The number of carbonyl (C=O) groups excluding carboxylic acids is 1. The summed E-state index contributed by atoms with van der Waals surface area (Å²) < 4.78 is 0. The molecule has 0 bridgehead atoms. The summed E-state index contributed by atoms with van der Waals surface area (Å²) in [4.78, 5) is 24.7. The van der Waals surface area contributed by atoms with Crippen LogP contribution in [0.3, 0.4) is 0 Å². The van der Waals surface area contributed by atoms with Crippen molar-refractivity contribution in [2.45, 2.75) is 32.7 Å². The van der Waals surface area contributed by atoms with Crippen molar-refractivity contribution in [3.63, 3.8) is 0 Å². The van der Waals surface area contributed by atoms with Crippen molar-refractivity contribution in [1.82, 2.24) is 4.90 Å². The largest absolute Gasteiger partial charge is 0.481 e. The molecule has 1 unspecified atom stereocenters. The Morgan fingerprint density at radius 2 is 1.90 bits per heavy atom. The Morgan fingerprint density at radius 3 is 2.40 bits per heavy atom. The molecule has 1 aromatic rings. The second-order valence-electron chi connectivity index (χ2n) is 5.77. The first kappa shape index (κ1) is 14.6. The molecule has 20 heavy (non-hydrogen) atoms. The Hall–Kier alpha value is -1.84. The van der Waals surface area contributed by atoms with E-state index in [1.54, 1.807) is 11.9 Å². The number of nitrogens with zero attached hydrogens (tertiary/aromatic N) is 1. The molecule has 0 radical (unpaired) electrons. The van der Waals surface area contributed by atoms with E-state index in [4.69, 9.17) is 5.11 Å². The second-order valence-corrected chi connectivity index (χ2v) is 5.77. The standard InChI is InChI=1S/C16H21NO3/c1-10-4-6-12(7-5-10)8-11(2)17(3)15(18)13-9-14(13)16(19)20/h4-7,11,13-14H,8-9H2,1-3H3,(H,19,20)/t11?,13-,14+/m1/s1. The number of carboxylic acid groups (broad SMARTS) is 1. The van der Waals surface area contributed by atoms with Gasteiger partial charge in [-0.1, -0.05) is 29.8 Å². The molecule has 1 aromatic carbocycles. The molecule has 1 aliphatic carbocycles. The third-order valence-corrected chi connectivity index (χ3v) is 4.09. The van der Waals surface area contributed by atoms with E-state index in [-0.39, 0.29) is 17.9 Å². The topological polar surface area (TPSA) is 57.6 Å². The molecule has 3 atom stereocenters. The Bertz CT molecular complexity index is 509. The highest BCUT2D eigenvalue weighted by Crippen LogP contribution is 2.40. The molecule has 1 aliphatic rings. The van der Waals surface area contributed by atoms with Crippen LogP contribution in [0.1, 0.15) is 24.5 Å². The zero-order chi connectivity index (χ0) is 14.9. The highest BCUT2D eigenvalue weighted by atomic mass is 16.4. The van der Waals surface area contributed by atoms with Crippen LogP contribution in [-0.2, 0) is 16.0 Å². The lowest BCUT2D eigenvalue weighted by molar-refractivity contribution is -0.142. The van der Waals surface area contributed by atoms with Crippen molar-refractivity contribution in [3.05, 3.63) is 35.4 Å². The SMILES string of the molecule is Cc1ccc(CC(C)N(C)C(=O)[C@@H]2C[C@@H]2C(=O)O)cc1. The predicted molar refractivity (Wildman–Crippen MR) is 76.3 cm³/mol. The molecule has 1 N–H and O–H groups in total. The van der Waals surface area contributed by atoms with Gasteiger partial charge in [-0.25, -0.2) is 0 Å². The first-order valence-corrected chi connectivity index (χ1v) is 6.95. The van der Waals surface area contributed by atoms with Gasteiger partial charge in [0.1, 0.15) is 0 Å². The van der Waals surface area contributed by atoms with Crippen molar-refractivity contribution in [2.75, 3.05) is 7.05 Å². The monoisotopic (exact) mass is 275 g/mol. The second kappa shape index (κ2) is 5.65. The minimum atomic E-state index is -0.858. The molecule has 0 aliphatic heterocycles. The Balaban J connectivity index is 1.92. The van der Waals surface area contributed by atoms with Gasteiger partial charge < -0.3 is 10.0 Å². The molecule has 0 aromatic heterocycles. The summed E-state index contributed by atoms with van der Waals surface area (Å²) in [6.07, 6.45) is 1.27. The summed E-state index contributed by atoms with van der Waals surface area (Å²) in [6.45, 7) is 4.04.